The van der Waals surface area contributed by atoms with Crippen LogP contribution in [0.15, 0.2) is 30.3 Å². The van der Waals surface area contributed by atoms with Crippen molar-refractivity contribution in [2.45, 2.75) is 39.5 Å². The second kappa shape index (κ2) is 6.64. The summed E-state index contributed by atoms with van der Waals surface area (Å²) in [4.78, 5) is 16.8. The van der Waals surface area contributed by atoms with Gasteiger partial charge in [0.1, 0.15) is 4.83 Å². The van der Waals surface area contributed by atoms with E-state index >= 15 is 0 Å². The summed E-state index contributed by atoms with van der Waals surface area (Å²) in [5.41, 5.74) is 3.24. The molecule has 1 amide bonds. The molecule has 5 heteroatoms. The number of likely N-dealkylation sites (tertiary alicyclic amines) is 1. The number of amides is 1. The summed E-state index contributed by atoms with van der Waals surface area (Å²) in [7, 11) is 0. The minimum Gasteiger partial charge on any atom is -0.338 e. The Kier molecular flexibility index (Phi) is 4.34. The molecule has 0 saturated carbocycles. The van der Waals surface area contributed by atoms with Crippen LogP contribution in [0.1, 0.15) is 46.6 Å². The maximum Gasteiger partial charge on any atom is 0.264 e. The van der Waals surface area contributed by atoms with Crippen LogP contribution in [0.4, 0.5) is 0 Å². The lowest BCUT2D eigenvalue weighted by atomic mass is 10.2. The van der Waals surface area contributed by atoms with Crippen molar-refractivity contribution in [2.24, 2.45) is 0 Å². The van der Waals surface area contributed by atoms with Crippen molar-refractivity contribution in [1.29, 1.82) is 0 Å². The molecule has 130 valence electrons. The van der Waals surface area contributed by atoms with Gasteiger partial charge in [0.15, 0.2) is 0 Å². The Bertz CT molecular complexity index is 899. The third-order valence-corrected chi connectivity index (χ3v) is 6.03. The molecule has 1 aromatic carbocycles. The van der Waals surface area contributed by atoms with Gasteiger partial charge in [-0.2, -0.15) is 5.10 Å². The number of thiophene rings is 1. The van der Waals surface area contributed by atoms with E-state index in [4.69, 9.17) is 0 Å². The highest BCUT2D eigenvalue weighted by Crippen LogP contribution is 2.31. The summed E-state index contributed by atoms with van der Waals surface area (Å²) >= 11 is 1.56. The quantitative estimate of drug-likeness (QED) is 0.668. The van der Waals surface area contributed by atoms with Gasteiger partial charge < -0.3 is 4.90 Å². The van der Waals surface area contributed by atoms with Crippen molar-refractivity contribution in [1.82, 2.24) is 14.7 Å². The highest BCUT2D eigenvalue weighted by atomic mass is 32.1. The van der Waals surface area contributed by atoms with Crippen LogP contribution >= 0.6 is 11.3 Å². The Morgan fingerprint density at radius 3 is 2.40 bits per heavy atom. The number of rotatable bonds is 2. The average Bonchev–Trinajstić information content (AvgIpc) is 3.04. The van der Waals surface area contributed by atoms with Gasteiger partial charge >= 0.3 is 0 Å². The van der Waals surface area contributed by atoms with E-state index in [0.29, 0.717) is 0 Å². The molecule has 2 aromatic heterocycles. The fourth-order valence-electron chi connectivity index (χ4n) is 3.44. The number of hydrogen-bond donors (Lipinski definition) is 0. The molecule has 4 rings (SSSR count). The highest BCUT2D eigenvalue weighted by Gasteiger charge is 2.22. The van der Waals surface area contributed by atoms with Crippen molar-refractivity contribution in [3.63, 3.8) is 0 Å². The van der Waals surface area contributed by atoms with E-state index in [2.05, 4.69) is 36.3 Å². The molecule has 1 fully saturated rings. The largest absolute Gasteiger partial charge is 0.338 e. The highest BCUT2D eigenvalue weighted by molar-refractivity contribution is 7.20. The lowest BCUT2D eigenvalue weighted by Gasteiger charge is -2.19. The Morgan fingerprint density at radius 2 is 1.72 bits per heavy atom. The Labute approximate surface area is 152 Å². The molecule has 0 bridgehead atoms. The van der Waals surface area contributed by atoms with Gasteiger partial charge in [-0.1, -0.05) is 30.5 Å². The first-order valence-corrected chi connectivity index (χ1v) is 9.80. The Morgan fingerprint density at radius 1 is 1.04 bits per heavy atom. The van der Waals surface area contributed by atoms with Crippen molar-refractivity contribution >= 4 is 27.5 Å². The zero-order valence-corrected chi connectivity index (χ0v) is 15.6. The Hall–Kier alpha value is -2.14. The first-order chi connectivity index (χ1) is 12.1. The minimum absolute atomic E-state index is 0.179. The van der Waals surface area contributed by atoms with Crippen LogP contribution in [0.2, 0.25) is 0 Å². The molecule has 1 aliphatic rings. The van der Waals surface area contributed by atoms with Crippen molar-refractivity contribution < 1.29 is 4.79 Å². The zero-order chi connectivity index (χ0) is 17.4. The molecule has 0 aliphatic carbocycles. The van der Waals surface area contributed by atoms with Crippen LogP contribution < -0.4 is 0 Å². The number of nitrogens with zero attached hydrogens (tertiary/aromatic N) is 3. The molecule has 25 heavy (non-hydrogen) atoms. The summed E-state index contributed by atoms with van der Waals surface area (Å²) in [5.74, 6) is 0.179. The predicted octanol–water partition coefficient (Wildman–Crippen LogP) is 4.72. The number of carbonyl (C=O) groups excluding carboxylic acids is 1. The van der Waals surface area contributed by atoms with E-state index in [0.717, 1.165) is 52.4 Å². The van der Waals surface area contributed by atoms with Crippen LogP contribution in [0.25, 0.3) is 15.9 Å². The molecule has 4 nitrogen and oxygen atoms in total. The third kappa shape index (κ3) is 3.09. The van der Waals surface area contributed by atoms with Gasteiger partial charge in [-0.05, 0) is 44.9 Å². The van der Waals surface area contributed by atoms with Crippen LogP contribution in [-0.2, 0) is 0 Å². The van der Waals surface area contributed by atoms with Gasteiger partial charge in [-0.3, -0.25) is 4.79 Å². The number of carbonyl (C=O) groups is 1. The molecule has 3 aromatic rings. The number of fused-ring (bicyclic) bond motifs is 1. The number of hydrogen-bond acceptors (Lipinski definition) is 3. The summed E-state index contributed by atoms with van der Waals surface area (Å²) in [6.45, 7) is 5.86. The molecule has 0 unspecified atom stereocenters. The van der Waals surface area contributed by atoms with E-state index in [9.17, 15) is 4.79 Å². The van der Waals surface area contributed by atoms with Crippen LogP contribution in [0, 0.1) is 13.8 Å². The Balaban J connectivity index is 1.71. The molecular formula is C20H23N3OS. The van der Waals surface area contributed by atoms with E-state index < -0.39 is 0 Å². The predicted molar refractivity (Wildman–Crippen MR) is 103 cm³/mol. The topological polar surface area (TPSA) is 38.1 Å². The van der Waals surface area contributed by atoms with Crippen LogP contribution in [0.5, 0.6) is 0 Å². The molecule has 1 saturated heterocycles. The number of benzene rings is 1. The second-order valence-electron chi connectivity index (χ2n) is 6.87. The molecule has 0 radical (unpaired) electrons. The number of aromatic nitrogens is 2. The number of aryl methyl sites for hydroxylation is 2. The van der Waals surface area contributed by atoms with E-state index in [1.807, 2.05) is 22.6 Å². The zero-order valence-electron chi connectivity index (χ0n) is 14.8. The van der Waals surface area contributed by atoms with Crippen molar-refractivity contribution in [3.05, 3.63) is 46.5 Å². The van der Waals surface area contributed by atoms with Gasteiger partial charge in [-0.15, -0.1) is 11.3 Å². The monoisotopic (exact) mass is 353 g/mol. The minimum atomic E-state index is 0.179. The smallest absolute Gasteiger partial charge is 0.264 e. The second-order valence-corrected chi connectivity index (χ2v) is 7.90. The van der Waals surface area contributed by atoms with Crippen LogP contribution in [-0.4, -0.2) is 33.7 Å². The molecule has 0 spiro atoms. The molecule has 0 atom stereocenters. The fraction of sp³-hybridized carbons (Fsp3) is 0.400. The first-order valence-electron chi connectivity index (χ1n) is 8.99. The molecule has 3 heterocycles. The first kappa shape index (κ1) is 16.3. The van der Waals surface area contributed by atoms with Gasteiger partial charge in [0, 0.05) is 18.5 Å². The van der Waals surface area contributed by atoms with Gasteiger partial charge in [0.25, 0.3) is 5.91 Å². The molecule has 0 N–H and O–H groups in total. The summed E-state index contributed by atoms with van der Waals surface area (Å²) < 4.78 is 1.97. The van der Waals surface area contributed by atoms with Crippen LogP contribution in [0.3, 0.4) is 0 Å². The van der Waals surface area contributed by atoms with Gasteiger partial charge in [0.2, 0.25) is 0 Å². The van der Waals surface area contributed by atoms with E-state index in [-0.39, 0.29) is 5.91 Å². The van der Waals surface area contributed by atoms with Gasteiger partial charge in [-0.25, -0.2) is 4.68 Å². The maximum absolute atomic E-state index is 12.9. The summed E-state index contributed by atoms with van der Waals surface area (Å²) in [5, 5.41) is 5.77. The van der Waals surface area contributed by atoms with Crippen molar-refractivity contribution in [3.8, 4) is 5.69 Å². The maximum atomic E-state index is 12.9. The summed E-state index contributed by atoms with van der Waals surface area (Å²) in [6, 6.07) is 10.4. The van der Waals surface area contributed by atoms with E-state index in [1.54, 1.807) is 11.3 Å². The lowest BCUT2D eigenvalue weighted by molar-refractivity contribution is 0.0766. The van der Waals surface area contributed by atoms with E-state index in [1.165, 1.54) is 18.4 Å². The molecular weight excluding hydrogens is 330 g/mol. The SMILES string of the molecule is Cc1ccc(-n2nc(C)c3cc(C(=O)N4CCCCCC4)sc32)cc1. The normalized spacial score (nSPS) is 15.5. The van der Waals surface area contributed by atoms with Gasteiger partial charge in [0.05, 0.1) is 16.3 Å². The third-order valence-electron chi connectivity index (χ3n) is 4.93. The molecule has 1 aliphatic heterocycles. The summed E-state index contributed by atoms with van der Waals surface area (Å²) in [6.07, 6.45) is 4.70. The fourth-order valence-corrected chi connectivity index (χ4v) is 4.59. The standard InChI is InChI=1S/C20H23N3OS/c1-14-7-9-16(10-8-14)23-20-17(15(2)21-23)13-18(25-20)19(24)22-11-5-3-4-6-12-22/h7-10,13H,3-6,11-12H2,1-2H3. The lowest BCUT2D eigenvalue weighted by Crippen LogP contribution is -2.31. The average molecular weight is 353 g/mol. The van der Waals surface area contributed by atoms with Crippen molar-refractivity contribution in [2.75, 3.05) is 13.1 Å².